The number of hydrogen-bond donors (Lipinski definition) is 2. The van der Waals surface area contributed by atoms with E-state index in [1.165, 1.54) is 12.8 Å². The number of rotatable bonds is 9. The van der Waals surface area contributed by atoms with Crippen LogP contribution >= 0.6 is 11.3 Å². The number of thiazole rings is 1. The van der Waals surface area contributed by atoms with Crippen LogP contribution in [0.5, 0.6) is 0 Å². The number of aromatic amines is 1. The second-order valence-electron chi connectivity index (χ2n) is 12.6. The summed E-state index contributed by atoms with van der Waals surface area (Å²) in [6.45, 7) is 2.29. The number of likely N-dealkylation sites (tertiary alicyclic amines) is 1. The summed E-state index contributed by atoms with van der Waals surface area (Å²) in [4.78, 5) is 49.6. The molecule has 8 rings (SSSR count). The van der Waals surface area contributed by atoms with E-state index in [4.69, 9.17) is 4.74 Å². The summed E-state index contributed by atoms with van der Waals surface area (Å²) in [6, 6.07) is 11.6. The first-order valence-corrected chi connectivity index (χ1v) is 17.0. The van der Waals surface area contributed by atoms with Crippen LogP contribution in [0.1, 0.15) is 42.3 Å². The van der Waals surface area contributed by atoms with E-state index in [-0.39, 0.29) is 18.4 Å². The number of hydrogen-bond acceptors (Lipinski definition) is 10. The van der Waals surface area contributed by atoms with Crippen molar-refractivity contribution in [2.75, 3.05) is 45.2 Å². The molecule has 1 saturated carbocycles. The largest absolute Gasteiger partial charge is 0.367 e. The fraction of sp³-hybridized carbons (Fsp3) is 0.343. The third-order valence-corrected chi connectivity index (χ3v) is 10.5. The highest BCUT2D eigenvalue weighted by Gasteiger charge is 2.45. The van der Waals surface area contributed by atoms with Gasteiger partial charge >= 0.3 is 0 Å². The molecule has 2 amide bonds. The minimum atomic E-state index is -1.06. The second-order valence-corrected chi connectivity index (χ2v) is 13.6. The normalized spacial score (nSPS) is 19.9. The van der Waals surface area contributed by atoms with E-state index in [1.807, 2.05) is 40.3 Å². The van der Waals surface area contributed by atoms with Gasteiger partial charge in [0, 0.05) is 86.3 Å². The molecule has 4 aromatic heterocycles. The molecule has 0 radical (unpaired) electrons. The van der Waals surface area contributed by atoms with Crippen molar-refractivity contribution in [2.45, 2.75) is 37.2 Å². The summed E-state index contributed by atoms with van der Waals surface area (Å²) in [5.74, 6) is 1.02. The highest BCUT2D eigenvalue weighted by molar-refractivity contribution is 7.16. The number of benzene rings is 1. The van der Waals surface area contributed by atoms with Crippen molar-refractivity contribution < 1.29 is 14.3 Å². The molecule has 1 atom stereocenters. The van der Waals surface area contributed by atoms with E-state index in [2.05, 4.69) is 47.6 Å². The molecule has 244 valence electrons. The quantitative estimate of drug-likeness (QED) is 0.229. The van der Waals surface area contributed by atoms with Crippen LogP contribution in [0.15, 0.2) is 67.3 Å². The number of fused-ring (bicyclic) bond motifs is 1. The average Bonchev–Trinajstić information content (AvgIpc) is 3.49. The predicted molar refractivity (Wildman–Crippen MR) is 183 cm³/mol. The third kappa shape index (κ3) is 6.00. The molecule has 3 aliphatic rings. The Kier molecular flexibility index (Phi) is 8.03. The van der Waals surface area contributed by atoms with Gasteiger partial charge in [0.2, 0.25) is 5.91 Å². The Morgan fingerprint density at radius 2 is 1.96 bits per heavy atom. The third-order valence-electron chi connectivity index (χ3n) is 9.47. The lowest BCUT2D eigenvalue weighted by Crippen LogP contribution is -2.48. The molecule has 1 aliphatic carbocycles. The predicted octanol–water partition coefficient (Wildman–Crippen LogP) is 4.76. The van der Waals surface area contributed by atoms with Gasteiger partial charge in [0.05, 0.1) is 16.9 Å². The lowest BCUT2D eigenvalue weighted by atomic mass is 10.0. The number of pyridine rings is 1. The van der Waals surface area contributed by atoms with E-state index >= 15 is 0 Å². The van der Waals surface area contributed by atoms with Crippen LogP contribution in [-0.2, 0) is 14.3 Å². The van der Waals surface area contributed by atoms with Crippen molar-refractivity contribution in [1.82, 2.24) is 39.9 Å². The number of anilines is 1. The molecule has 2 fully saturated rings. The summed E-state index contributed by atoms with van der Waals surface area (Å²) in [5, 5.41) is 12.6. The maximum Gasteiger partial charge on any atom is 0.258 e. The zero-order valence-corrected chi connectivity index (χ0v) is 27.4. The molecule has 5 aromatic rings. The van der Waals surface area contributed by atoms with Crippen molar-refractivity contribution in [1.29, 1.82) is 0 Å². The summed E-state index contributed by atoms with van der Waals surface area (Å²) in [5.41, 5.74) is 4.56. The van der Waals surface area contributed by atoms with Gasteiger partial charge in [-0.05, 0) is 67.7 Å². The molecule has 48 heavy (non-hydrogen) atoms. The molecule has 1 unspecified atom stereocenters. The van der Waals surface area contributed by atoms with Gasteiger partial charge in [0.1, 0.15) is 10.7 Å². The summed E-state index contributed by atoms with van der Waals surface area (Å²) in [6.07, 6.45) is 12.7. The van der Waals surface area contributed by atoms with E-state index in [0.717, 1.165) is 49.7 Å². The van der Waals surface area contributed by atoms with Crippen molar-refractivity contribution in [3.05, 3.63) is 78.0 Å². The van der Waals surface area contributed by atoms with E-state index in [0.29, 0.717) is 50.0 Å². The van der Waals surface area contributed by atoms with Gasteiger partial charge in [-0.1, -0.05) is 6.08 Å². The van der Waals surface area contributed by atoms with Crippen LogP contribution in [0.4, 0.5) is 5.69 Å². The molecular weight excluding hydrogens is 627 g/mol. The first-order chi connectivity index (χ1) is 23.5. The SMILES string of the molecule is COC1(C(=O)Nc2ccc3[nH]nc(-c4ccnc(C5CC5)c4)c3c2)CCN(CC(=O)N2CC=C(c3ncc(-c4ncccn4)s3)CC2)C1. The van der Waals surface area contributed by atoms with Crippen LogP contribution < -0.4 is 5.32 Å². The zero-order valence-electron chi connectivity index (χ0n) is 26.6. The molecule has 6 heterocycles. The minimum Gasteiger partial charge on any atom is -0.367 e. The summed E-state index contributed by atoms with van der Waals surface area (Å²) < 4.78 is 5.87. The number of amides is 2. The molecule has 2 N–H and O–H groups in total. The Morgan fingerprint density at radius 3 is 2.75 bits per heavy atom. The Bertz CT molecular complexity index is 2020. The van der Waals surface area contributed by atoms with Crippen LogP contribution in [-0.4, -0.2) is 97.2 Å². The molecule has 1 aromatic carbocycles. The van der Waals surface area contributed by atoms with Gasteiger partial charge in [-0.15, -0.1) is 11.3 Å². The first-order valence-electron chi connectivity index (χ1n) is 16.2. The smallest absolute Gasteiger partial charge is 0.258 e. The van der Waals surface area contributed by atoms with Gasteiger partial charge in [-0.2, -0.15) is 5.10 Å². The standard InChI is InChI=1S/C35H35N9O3S/c1-47-35(34(46)40-25-5-6-27-26(18-25)31(42-41-27)24-7-13-36-28(17-24)22-3-4-22)10-16-43(21-35)20-30(45)44-14-8-23(9-15-44)33-39-19-29(48-33)32-37-11-2-12-38-32/h2,5-8,11-13,17-19,22H,3-4,9-10,14-16,20-21H2,1H3,(H,40,46)(H,41,42). The first kappa shape index (κ1) is 30.5. The number of nitrogens with zero attached hydrogens (tertiary/aromatic N) is 7. The number of carbonyl (C=O) groups excluding carboxylic acids is 2. The number of aromatic nitrogens is 6. The second kappa shape index (κ2) is 12.6. The Balaban J connectivity index is 0.894. The van der Waals surface area contributed by atoms with E-state index < -0.39 is 5.60 Å². The summed E-state index contributed by atoms with van der Waals surface area (Å²) >= 11 is 1.56. The Labute approximate surface area is 281 Å². The van der Waals surface area contributed by atoms with E-state index in [9.17, 15) is 9.59 Å². The molecule has 12 nitrogen and oxygen atoms in total. The van der Waals surface area contributed by atoms with Gasteiger partial charge in [-0.3, -0.25) is 24.6 Å². The lowest BCUT2D eigenvalue weighted by Gasteiger charge is -2.29. The Hall–Kier alpha value is -4.85. The van der Waals surface area contributed by atoms with Crippen LogP contribution in [0.3, 0.4) is 0 Å². The highest BCUT2D eigenvalue weighted by Crippen LogP contribution is 2.40. The van der Waals surface area contributed by atoms with Gasteiger partial charge < -0.3 is 15.0 Å². The summed E-state index contributed by atoms with van der Waals surface area (Å²) in [7, 11) is 1.56. The molecule has 2 aliphatic heterocycles. The van der Waals surface area contributed by atoms with Gasteiger partial charge in [-0.25, -0.2) is 15.0 Å². The van der Waals surface area contributed by atoms with Crippen molar-refractivity contribution in [2.24, 2.45) is 0 Å². The number of methoxy groups -OCH3 is 1. The molecule has 13 heteroatoms. The fourth-order valence-corrected chi connectivity index (χ4v) is 7.46. The number of nitrogens with one attached hydrogen (secondary N) is 2. The molecule has 0 spiro atoms. The number of ether oxygens (including phenoxy) is 1. The van der Waals surface area contributed by atoms with Gasteiger partial charge in [0.25, 0.3) is 5.91 Å². The van der Waals surface area contributed by atoms with Crippen molar-refractivity contribution >= 4 is 45.3 Å². The van der Waals surface area contributed by atoms with Crippen molar-refractivity contribution in [3.8, 4) is 22.0 Å². The van der Waals surface area contributed by atoms with Crippen LogP contribution in [0.25, 0.3) is 38.4 Å². The maximum absolute atomic E-state index is 13.7. The van der Waals surface area contributed by atoms with E-state index in [1.54, 1.807) is 43.1 Å². The number of carbonyl (C=O) groups is 2. The topological polar surface area (TPSA) is 142 Å². The monoisotopic (exact) mass is 661 g/mol. The van der Waals surface area contributed by atoms with Crippen LogP contribution in [0, 0.1) is 0 Å². The van der Waals surface area contributed by atoms with Crippen molar-refractivity contribution in [3.63, 3.8) is 0 Å². The number of H-pyrrole nitrogens is 1. The molecule has 1 saturated heterocycles. The van der Waals surface area contributed by atoms with Gasteiger partial charge in [0.15, 0.2) is 11.4 Å². The minimum absolute atomic E-state index is 0.0361. The zero-order chi connectivity index (χ0) is 32.7. The lowest BCUT2D eigenvalue weighted by molar-refractivity contribution is -0.138. The van der Waals surface area contributed by atoms with Crippen LogP contribution in [0.2, 0.25) is 0 Å². The fourth-order valence-electron chi connectivity index (χ4n) is 6.53. The average molecular weight is 662 g/mol. The highest BCUT2D eigenvalue weighted by atomic mass is 32.1. The molecule has 0 bridgehead atoms. The Morgan fingerprint density at radius 1 is 1.08 bits per heavy atom. The molecular formula is C35H35N9O3S. The maximum atomic E-state index is 13.7.